The number of hydrogen-bond acceptors (Lipinski definition) is 5. The molecule has 2 aliphatic rings. The highest BCUT2D eigenvalue weighted by Gasteiger charge is 2.25. The van der Waals surface area contributed by atoms with Crippen molar-refractivity contribution < 1.29 is 14.7 Å². The number of piperazine rings is 1. The largest absolute Gasteiger partial charge is 0.392 e. The number of amides is 2. The number of oxime groups is 1. The second kappa shape index (κ2) is 10.5. The number of carbonyl (C=O) groups excluding carboxylic acids is 1. The number of aliphatic hydroxyl groups is 1. The number of halogens is 1. The Balaban J connectivity index is 1.10. The second-order valence-corrected chi connectivity index (χ2v) is 9.14. The van der Waals surface area contributed by atoms with Crippen molar-refractivity contribution in [1.29, 1.82) is 0 Å². The van der Waals surface area contributed by atoms with E-state index < -0.39 is 6.10 Å². The minimum Gasteiger partial charge on any atom is -0.392 e. The molecule has 0 radical (unpaired) electrons. The zero-order valence-corrected chi connectivity index (χ0v) is 20.0. The van der Waals surface area contributed by atoms with Gasteiger partial charge < -0.3 is 20.2 Å². The van der Waals surface area contributed by atoms with E-state index in [1.807, 2.05) is 36.4 Å². The predicted octanol–water partition coefficient (Wildman–Crippen LogP) is 4.30. The summed E-state index contributed by atoms with van der Waals surface area (Å²) >= 11 is 5.89. The van der Waals surface area contributed by atoms with Gasteiger partial charge in [0, 0.05) is 54.6 Å². The van der Waals surface area contributed by atoms with E-state index >= 15 is 0 Å². The van der Waals surface area contributed by atoms with Gasteiger partial charge in [0.15, 0.2) is 0 Å². The summed E-state index contributed by atoms with van der Waals surface area (Å²) in [7, 11) is 0. The van der Waals surface area contributed by atoms with Gasteiger partial charge in [-0.15, -0.1) is 0 Å². The van der Waals surface area contributed by atoms with Crippen LogP contribution in [-0.2, 0) is 4.84 Å². The van der Waals surface area contributed by atoms with Crippen LogP contribution in [0.1, 0.15) is 11.1 Å². The molecule has 0 unspecified atom stereocenters. The minimum absolute atomic E-state index is 0.102. The van der Waals surface area contributed by atoms with Crippen LogP contribution in [0, 0.1) is 0 Å². The molecule has 1 atom stereocenters. The molecule has 2 N–H and O–H groups in total. The van der Waals surface area contributed by atoms with Crippen molar-refractivity contribution >= 4 is 29.0 Å². The number of urea groups is 1. The summed E-state index contributed by atoms with van der Waals surface area (Å²) in [6.07, 6.45) is -0.680. The number of benzene rings is 3. The standard InChI is InChI=1S/C27H27ClN4O3/c28-19-9-11-20(12-10-19)29-27(34)32-15-13-31(14-16-32)17-21(33)18-35-30-26-24-7-3-1-5-22(24)23-6-2-4-8-25(23)26/h1-12,21,33H,13-18H2,(H,29,34)/t21-/m1/s1. The van der Waals surface area contributed by atoms with Crippen LogP contribution >= 0.6 is 11.6 Å². The van der Waals surface area contributed by atoms with E-state index in [2.05, 4.69) is 27.5 Å². The number of anilines is 1. The van der Waals surface area contributed by atoms with Crippen LogP contribution < -0.4 is 5.32 Å². The van der Waals surface area contributed by atoms with Gasteiger partial charge >= 0.3 is 6.03 Å². The molecule has 1 heterocycles. The van der Waals surface area contributed by atoms with Gasteiger partial charge in [0.1, 0.15) is 18.4 Å². The maximum atomic E-state index is 12.5. The summed E-state index contributed by atoms with van der Waals surface area (Å²) in [5.74, 6) is 0. The van der Waals surface area contributed by atoms with E-state index in [-0.39, 0.29) is 12.6 Å². The van der Waals surface area contributed by atoms with Crippen LogP contribution in [0.5, 0.6) is 0 Å². The Morgan fingerprint density at radius 1 is 0.914 bits per heavy atom. The molecule has 2 amide bonds. The average molecular weight is 491 g/mol. The fourth-order valence-corrected chi connectivity index (χ4v) is 4.63. The van der Waals surface area contributed by atoms with Gasteiger partial charge in [0.25, 0.3) is 0 Å². The minimum atomic E-state index is -0.680. The maximum Gasteiger partial charge on any atom is 0.321 e. The molecule has 8 heteroatoms. The lowest BCUT2D eigenvalue weighted by atomic mass is 10.1. The van der Waals surface area contributed by atoms with Crippen LogP contribution in [0.25, 0.3) is 11.1 Å². The number of fused-ring (bicyclic) bond motifs is 3. The molecule has 35 heavy (non-hydrogen) atoms. The third-order valence-electron chi connectivity index (χ3n) is 6.30. The monoisotopic (exact) mass is 490 g/mol. The molecule has 3 aromatic carbocycles. The first-order valence-corrected chi connectivity index (χ1v) is 12.1. The summed E-state index contributed by atoms with van der Waals surface area (Å²) in [5, 5.41) is 18.4. The summed E-state index contributed by atoms with van der Waals surface area (Å²) < 4.78 is 0. The van der Waals surface area contributed by atoms with Crippen molar-refractivity contribution in [2.45, 2.75) is 6.10 Å². The first kappa shape index (κ1) is 23.4. The van der Waals surface area contributed by atoms with Gasteiger partial charge in [0.2, 0.25) is 0 Å². The molecular weight excluding hydrogens is 464 g/mol. The topological polar surface area (TPSA) is 77.4 Å². The van der Waals surface area contributed by atoms with Crippen LogP contribution in [0.2, 0.25) is 5.02 Å². The maximum absolute atomic E-state index is 12.5. The molecule has 7 nitrogen and oxygen atoms in total. The van der Waals surface area contributed by atoms with Crippen molar-refractivity contribution in [2.75, 3.05) is 44.6 Å². The lowest BCUT2D eigenvalue weighted by Crippen LogP contribution is -2.51. The lowest BCUT2D eigenvalue weighted by molar-refractivity contribution is 0.0122. The number of hydrogen-bond donors (Lipinski definition) is 2. The molecule has 1 fully saturated rings. The zero-order chi connectivity index (χ0) is 24.2. The predicted molar refractivity (Wildman–Crippen MR) is 138 cm³/mol. The summed E-state index contributed by atoms with van der Waals surface area (Å²) in [5.41, 5.74) is 5.87. The van der Waals surface area contributed by atoms with Crippen LogP contribution in [0.3, 0.4) is 0 Å². The van der Waals surface area contributed by atoms with E-state index in [4.69, 9.17) is 16.4 Å². The average Bonchev–Trinajstić information content (AvgIpc) is 3.20. The van der Waals surface area contributed by atoms with E-state index in [0.717, 1.165) is 28.0 Å². The highest BCUT2D eigenvalue weighted by Crippen LogP contribution is 2.36. The van der Waals surface area contributed by atoms with Gasteiger partial charge in [-0.1, -0.05) is 65.3 Å². The van der Waals surface area contributed by atoms with Crippen molar-refractivity contribution in [2.24, 2.45) is 5.16 Å². The van der Waals surface area contributed by atoms with Gasteiger partial charge in [-0.3, -0.25) is 4.90 Å². The van der Waals surface area contributed by atoms with E-state index in [1.165, 1.54) is 0 Å². The van der Waals surface area contributed by atoms with Gasteiger partial charge in [0.05, 0.1) is 0 Å². The van der Waals surface area contributed by atoms with Gasteiger partial charge in [-0.2, -0.15) is 0 Å². The molecule has 180 valence electrons. The van der Waals surface area contributed by atoms with Crippen molar-refractivity contribution in [1.82, 2.24) is 9.80 Å². The highest BCUT2D eigenvalue weighted by atomic mass is 35.5. The van der Waals surface area contributed by atoms with Crippen LogP contribution in [0.15, 0.2) is 78.0 Å². The molecule has 0 aromatic heterocycles. The number of aliphatic hydroxyl groups excluding tert-OH is 1. The molecular formula is C27H27ClN4O3. The van der Waals surface area contributed by atoms with Crippen LogP contribution in [-0.4, -0.2) is 72.1 Å². The summed E-state index contributed by atoms with van der Waals surface area (Å²) in [6, 6.07) is 23.2. The zero-order valence-electron chi connectivity index (χ0n) is 19.2. The smallest absolute Gasteiger partial charge is 0.321 e. The highest BCUT2D eigenvalue weighted by molar-refractivity contribution is 6.30. The normalized spacial score (nSPS) is 15.8. The van der Waals surface area contributed by atoms with Crippen molar-refractivity contribution in [3.8, 4) is 11.1 Å². The Bertz CT molecular complexity index is 1180. The van der Waals surface area contributed by atoms with Gasteiger partial charge in [-0.05, 0) is 35.4 Å². The number of β-amino-alcohol motifs (C(OH)–C–C–N with tert-alkyl or cyclic N) is 1. The number of carbonyl (C=O) groups is 1. The summed E-state index contributed by atoms with van der Waals surface area (Å²) in [6.45, 7) is 3.10. The molecule has 1 aliphatic heterocycles. The fraction of sp³-hybridized carbons (Fsp3) is 0.259. The number of rotatable bonds is 6. The van der Waals surface area contributed by atoms with E-state index in [0.29, 0.717) is 43.4 Å². The van der Waals surface area contributed by atoms with Crippen molar-refractivity contribution in [3.63, 3.8) is 0 Å². The number of nitrogens with zero attached hydrogens (tertiary/aromatic N) is 3. The third kappa shape index (κ3) is 5.32. The molecule has 5 rings (SSSR count). The molecule has 1 saturated heterocycles. The van der Waals surface area contributed by atoms with E-state index in [1.54, 1.807) is 29.2 Å². The fourth-order valence-electron chi connectivity index (χ4n) is 4.50. The molecule has 0 saturated carbocycles. The van der Waals surface area contributed by atoms with Gasteiger partial charge in [-0.25, -0.2) is 4.79 Å². The Hall–Kier alpha value is -3.39. The Kier molecular flexibility index (Phi) is 6.99. The SMILES string of the molecule is O=C(Nc1ccc(Cl)cc1)N1CCN(C[C@@H](O)CON=C2c3ccccc3-c3ccccc32)CC1. The Morgan fingerprint density at radius 3 is 2.09 bits per heavy atom. The summed E-state index contributed by atoms with van der Waals surface area (Å²) in [4.78, 5) is 22.0. The lowest BCUT2D eigenvalue weighted by Gasteiger charge is -2.35. The van der Waals surface area contributed by atoms with E-state index in [9.17, 15) is 9.90 Å². The Morgan fingerprint density at radius 2 is 1.49 bits per heavy atom. The molecule has 0 bridgehead atoms. The third-order valence-corrected chi connectivity index (χ3v) is 6.55. The van der Waals surface area contributed by atoms with Crippen molar-refractivity contribution in [3.05, 3.63) is 88.9 Å². The number of nitrogens with one attached hydrogen (secondary N) is 1. The molecule has 1 aliphatic carbocycles. The second-order valence-electron chi connectivity index (χ2n) is 8.71. The first-order valence-electron chi connectivity index (χ1n) is 11.7. The molecule has 3 aromatic rings. The quantitative estimate of drug-likeness (QED) is 0.395. The first-order chi connectivity index (χ1) is 17.1. The van der Waals surface area contributed by atoms with Crippen LogP contribution in [0.4, 0.5) is 10.5 Å². The molecule has 0 spiro atoms. The Labute approximate surface area is 209 Å².